The van der Waals surface area contributed by atoms with Crippen LogP contribution in [0.5, 0.6) is 0 Å². The van der Waals surface area contributed by atoms with Crippen molar-refractivity contribution in [3.05, 3.63) is 0 Å². The fourth-order valence-electron chi connectivity index (χ4n) is 1.89. The van der Waals surface area contributed by atoms with Crippen LogP contribution < -0.4 is 0 Å². The van der Waals surface area contributed by atoms with Crippen molar-refractivity contribution in [2.45, 2.75) is 45.1 Å². The lowest BCUT2D eigenvalue weighted by Crippen LogP contribution is -2.21. The molecule has 0 aromatic heterocycles. The van der Waals surface area contributed by atoms with Crippen molar-refractivity contribution in [2.75, 3.05) is 12.4 Å². The predicted molar refractivity (Wildman–Crippen MR) is 58.4 cm³/mol. The van der Waals surface area contributed by atoms with Gasteiger partial charge < -0.3 is 4.74 Å². The topological polar surface area (TPSA) is 63.6 Å². The monoisotopic (exact) mass is 236 g/mol. The van der Waals surface area contributed by atoms with Gasteiger partial charge in [-0.2, -0.15) is 8.42 Å². The largest absolute Gasteiger partial charge is 0.378 e. The third-order valence-electron chi connectivity index (χ3n) is 2.86. The highest BCUT2D eigenvalue weighted by atomic mass is 32.2. The molecule has 1 fully saturated rings. The number of rotatable bonds is 5. The highest BCUT2D eigenvalue weighted by Gasteiger charge is 2.18. The van der Waals surface area contributed by atoms with Crippen molar-refractivity contribution in [3.63, 3.8) is 0 Å². The normalized spacial score (nSPS) is 27.9. The minimum absolute atomic E-state index is 0.198. The molecule has 1 N–H and O–H groups in total. The molecule has 0 amide bonds. The molecule has 0 aromatic carbocycles. The third-order valence-corrected chi connectivity index (χ3v) is 3.67. The average Bonchev–Trinajstić information content (AvgIpc) is 2.14. The van der Waals surface area contributed by atoms with E-state index in [9.17, 15) is 8.42 Å². The van der Waals surface area contributed by atoms with Gasteiger partial charge in [-0.15, -0.1) is 0 Å². The van der Waals surface area contributed by atoms with Gasteiger partial charge in [0.2, 0.25) is 0 Å². The van der Waals surface area contributed by atoms with Crippen LogP contribution in [-0.2, 0) is 14.9 Å². The average molecular weight is 236 g/mol. The summed E-state index contributed by atoms with van der Waals surface area (Å²) in [5.74, 6) is 0.596. The zero-order chi connectivity index (χ0) is 11.3. The van der Waals surface area contributed by atoms with Gasteiger partial charge in [-0.3, -0.25) is 4.55 Å². The van der Waals surface area contributed by atoms with Crippen molar-refractivity contribution in [2.24, 2.45) is 5.92 Å². The molecule has 1 aliphatic rings. The maximum Gasteiger partial charge on any atom is 0.264 e. The minimum atomic E-state index is -3.82. The molecule has 0 spiro atoms. The van der Waals surface area contributed by atoms with Crippen LogP contribution in [0.3, 0.4) is 0 Å². The van der Waals surface area contributed by atoms with Crippen LogP contribution in [0.2, 0.25) is 0 Å². The molecule has 1 aliphatic carbocycles. The van der Waals surface area contributed by atoms with Crippen LogP contribution >= 0.6 is 0 Å². The van der Waals surface area contributed by atoms with E-state index in [1.165, 1.54) is 12.8 Å². The molecule has 0 heterocycles. The van der Waals surface area contributed by atoms with E-state index in [4.69, 9.17) is 9.29 Å². The molecule has 1 rings (SSSR count). The Morgan fingerprint density at radius 3 is 2.40 bits per heavy atom. The molecule has 0 atom stereocenters. The Labute approximate surface area is 91.8 Å². The number of ether oxygens (including phenoxy) is 1. The van der Waals surface area contributed by atoms with Crippen molar-refractivity contribution in [1.29, 1.82) is 0 Å². The summed E-state index contributed by atoms with van der Waals surface area (Å²) in [4.78, 5) is 0. The second-order valence-corrected chi connectivity index (χ2v) is 5.96. The number of hydrogen-bond donors (Lipinski definition) is 1. The molecule has 1 saturated carbocycles. The lowest BCUT2D eigenvalue weighted by molar-refractivity contribution is 0.0204. The van der Waals surface area contributed by atoms with Gasteiger partial charge in [-0.25, -0.2) is 0 Å². The fourth-order valence-corrected chi connectivity index (χ4v) is 2.37. The molecule has 0 saturated heterocycles. The Morgan fingerprint density at radius 2 is 1.87 bits per heavy atom. The van der Waals surface area contributed by atoms with E-state index >= 15 is 0 Å². The lowest BCUT2D eigenvalue weighted by atomic mass is 9.89. The summed E-state index contributed by atoms with van der Waals surface area (Å²) < 4.78 is 34.9. The first-order valence-electron chi connectivity index (χ1n) is 5.54. The highest BCUT2D eigenvalue weighted by molar-refractivity contribution is 7.85. The molecule has 0 bridgehead atoms. The SMILES string of the molecule is CC1CCC(OCCCS(=O)(=O)O)CC1. The minimum Gasteiger partial charge on any atom is -0.378 e. The van der Waals surface area contributed by atoms with E-state index in [1.54, 1.807) is 0 Å². The zero-order valence-electron chi connectivity index (χ0n) is 9.18. The van der Waals surface area contributed by atoms with Gasteiger partial charge in [0.25, 0.3) is 10.1 Å². The van der Waals surface area contributed by atoms with Gasteiger partial charge in [-0.1, -0.05) is 6.92 Å². The van der Waals surface area contributed by atoms with E-state index in [-0.39, 0.29) is 5.75 Å². The molecule has 15 heavy (non-hydrogen) atoms. The van der Waals surface area contributed by atoms with E-state index < -0.39 is 10.1 Å². The molecule has 90 valence electrons. The van der Waals surface area contributed by atoms with E-state index in [1.807, 2.05) is 0 Å². The summed E-state index contributed by atoms with van der Waals surface area (Å²) in [6.45, 7) is 2.67. The zero-order valence-corrected chi connectivity index (χ0v) is 10.0. The molecular formula is C10H20O4S. The van der Waals surface area contributed by atoms with E-state index in [2.05, 4.69) is 6.92 Å². The van der Waals surface area contributed by atoms with Gasteiger partial charge >= 0.3 is 0 Å². The summed E-state index contributed by atoms with van der Waals surface area (Å²) >= 11 is 0. The molecule has 0 unspecified atom stereocenters. The highest BCUT2D eigenvalue weighted by Crippen LogP contribution is 2.25. The Hall–Kier alpha value is -0.130. The summed E-state index contributed by atoms with van der Waals surface area (Å²) in [7, 11) is -3.82. The lowest BCUT2D eigenvalue weighted by Gasteiger charge is -2.26. The maximum absolute atomic E-state index is 10.4. The molecule has 4 nitrogen and oxygen atoms in total. The molecule has 0 aromatic rings. The van der Waals surface area contributed by atoms with Crippen molar-refractivity contribution in [1.82, 2.24) is 0 Å². The number of hydrogen-bond acceptors (Lipinski definition) is 3. The summed E-state index contributed by atoms with van der Waals surface area (Å²) in [5.41, 5.74) is 0. The van der Waals surface area contributed by atoms with Crippen LogP contribution in [0.25, 0.3) is 0 Å². The Morgan fingerprint density at radius 1 is 1.27 bits per heavy atom. The van der Waals surface area contributed by atoms with Crippen LogP contribution in [0, 0.1) is 5.92 Å². The second kappa shape index (κ2) is 5.82. The summed E-state index contributed by atoms with van der Waals surface area (Å²) in [5, 5.41) is 0. The van der Waals surface area contributed by atoms with Crippen molar-refractivity contribution in [3.8, 4) is 0 Å². The first kappa shape index (κ1) is 12.9. The van der Waals surface area contributed by atoms with Crippen LogP contribution in [0.15, 0.2) is 0 Å². The quantitative estimate of drug-likeness (QED) is 0.584. The smallest absolute Gasteiger partial charge is 0.264 e. The standard InChI is InChI=1S/C10H20O4S/c1-9-3-5-10(6-4-9)14-7-2-8-15(11,12)13/h9-10H,2-8H2,1H3,(H,11,12,13). The summed E-state index contributed by atoms with van der Waals surface area (Å²) in [6, 6.07) is 0. The third kappa shape index (κ3) is 6.12. The Kier molecular flexibility index (Phi) is 5.02. The van der Waals surface area contributed by atoms with E-state index in [0.29, 0.717) is 19.1 Å². The van der Waals surface area contributed by atoms with Crippen LogP contribution in [-0.4, -0.2) is 31.4 Å². The van der Waals surface area contributed by atoms with Gasteiger partial charge in [0.15, 0.2) is 0 Å². The van der Waals surface area contributed by atoms with Gasteiger partial charge in [-0.05, 0) is 38.0 Å². The van der Waals surface area contributed by atoms with Gasteiger partial charge in [0.1, 0.15) is 0 Å². The Bertz CT molecular complexity index is 265. The fraction of sp³-hybridized carbons (Fsp3) is 1.00. The molecular weight excluding hydrogens is 216 g/mol. The summed E-state index contributed by atoms with van der Waals surface area (Å²) in [6.07, 6.45) is 5.22. The van der Waals surface area contributed by atoms with Crippen LogP contribution in [0.1, 0.15) is 39.0 Å². The van der Waals surface area contributed by atoms with Gasteiger partial charge in [0.05, 0.1) is 11.9 Å². The van der Waals surface area contributed by atoms with Gasteiger partial charge in [0, 0.05) is 6.61 Å². The van der Waals surface area contributed by atoms with Crippen molar-refractivity contribution >= 4 is 10.1 Å². The Balaban J connectivity index is 2.06. The van der Waals surface area contributed by atoms with Crippen molar-refractivity contribution < 1.29 is 17.7 Å². The molecule has 0 radical (unpaired) electrons. The predicted octanol–water partition coefficient (Wildman–Crippen LogP) is 1.86. The first-order chi connectivity index (χ1) is 6.97. The maximum atomic E-state index is 10.4. The second-order valence-electron chi connectivity index (χ2n) is 4.39. The van der Waals surface area contributed by atoms with Crippen LogP contribution in [0.4, 0.5) is 0 Å². The molecule has 0 aliphatic heterocycles. The molecule has 5 heteroatoms. The first-order valence-corrected chi connectivity index (χ1v) is 7.15. The van der Waals surface area contributed by atoms with E-state index in [0.717, 1.165) is 18.8 Å².